The molecule has 5 nitrogen and oxygen atoms in total. The molecule has 1 aliphatic heterocycles. The third kappa shape index (κ3) is 2.80. The van der Waals surface area contributed by atoms with Gasteiger partial charge in [0.15, 0.2) is 0 Å². The largest absolute Gasteiger partial charge is 0.496 e. The molecule has 1 saturated carbocycles. The Hall–Kier alpha value is -2.04. The van der Waals surface area contributed by atoms with Crippen LogP contribution in [0.2, 0.25) is 0 Å². The molecule has 3 unspecified atom stereocenters. The van der Waals surface area contributed by atoms with Gasteiger partial charge in [0.05, 0.1) is 13.0 Å². The van der Waals surface area contributed by atoms with Crippen molar-refractivity contribution >= 4 is 11.9 Å². The summed E-state index contributed by atoms with van der Waals surface area (Å²) in [5.41, 5.74) is 1.08. The molecule has 5 heteroatoms. The van der Waals surface area contributed by atoms with E-state index in [1.807, 2.05) is 24.3 Å². The fourth-order valence-electron chi connectivity index (χ4n) is 3.40. The molecule has 1 aromatic carbocycles. The first-order valence-electron chi connectivity index (χ1n) is 7.76. The maximum Gasteiger partial charge on any atom is 0.308 e. The van der Waals surface area contributed by atoms with E-state index in [1.54, 1.807) is 12.0 Å². The second-order valence-corrected chi connectivity index (χ2v) is 6.15. The number of amides is 1. The van der Waals surface area contributed by atoms with Gasteiger partial charge in [0.2, 0.25) is 5.91 Å². The summed E-state index contributed by atoms with van der Waals surface area (Å²) in [6, 6.07) is 7.80. The van der Waals surface area contributed by atoms with Crippen LogP contribution in [0.1, 0.15) is 30.7 Å². The number of hydrogen-bond acceptors (Lipinski definition) is 3. The number of para-hydroxylation sites is 1. The Labute approximate surface area is 129 Å². The summed E-state index contributed by atoms with van der Waals surface area (Å²) in [7, 11) is 1.64. The summed E-state index contributed by atoms with van der Waals surface area (Å²) < 4.78 is 5.37. The topological polar surface area (TPSA) is 66.8 Å². The third-order valence-corrected chi connectivity index (χ3v) is 4.73. The minimum absolute atomic E-state index is 0.0242. The Bertz CT molecular complexity index is 586. The number of aliphatic carboxylic acids is 1. The van der Waals surface area contributed by atoms with E-state index in [2.05, 4.69) is 0 Å². The van der Waals surface area contributed by atoms with Gasteiger partial charge < -0.3 is 14.7 Å². The minimum Gasteiger partial charge on any atom is -0.496 e. The summed E-state index contributed by atoms with van der Waals surface area (Å²) in [5.74, 6) is -0.111. The number of nitrogens with zero attached hydrogens (tertiary/aromatic N) is 1. The SMILES string of the molecule is COc1ccccc1C1CC1C(=O)N1CCCC(C(=O)O)C1. The molecule has 0 bridgehead atoms. The molecule has 118 valence electrons. The number of piperidine rings is 1. The summed E-state index contributed by atoms with van der Waals surface area (Å²) in [6.07, 6.45) is 2.27. The zero-order valence-electron chi connectivity index (χ0n) is 12.7. The molecule has 1 aliphatic carbocycles. The highest BCUT2D eigenvalue weighted by Gasteiger charge is 2.47. The number of hydrogen-bond donors (Lipinski definition) is 1. The van der Waals surface area contributed by atoms with Gasteiger partial charge in [0.25, 0.3) is 0 Å². The number of carbonyl (C=O) groups excluding carboxylic acids is 1. The molecule has 1 aromatic rings. The predicted molar refractivity (Wildman–Crippen MR) is 80.8 cm³/mol. The third-order valence-electron chi connectivity index (χ3n) is 4.73. The zero-order valence-corrected chi connectivity index (χ0v) is 12.7. The highest BCUT2D eigenvalue weighted by atomic mass is 16.5. The summed E-state index contributed by atoms with van der Waals surface area (Å²) >= 11 is 0. The number of likely N-dealkylation sites (tertiary alicyclic amines) is 1. The van der Waals surface area contributed by atoms with E-state index >= 15 is 0 Å². The lowest BCUT2D eigenvalue weighted by Crippen LogP contribution is -2.43. The van der Waals surface area contributed by atoms with Crippen molar-refractivity contribution in [2.24, 2.45) is 11.8 Å². The maximum absolute atomic E-state index is 12.6. The highest BCUT2D eigenvalue weighted by Crippen LogP contribution is 2.51. The van der Waals surface area contributed by atoms with Gasteiger partial charge in [-0.05, 0) is 36.8 Å². The van der Waals surface area contributed by atoms with Crippen LogP contribution in [-0.4, -0.2) is 42.1 Å². The van der Waals surface area contributed by atoms with Crippen LogP contribution in [0.25, 0.3) is 0 Å². The Morgan fingerprint density at radius 2 is 2.09 bits per heavy atom. The molecule has 1 N–H and O–H groups in total. The van der Waals surface area contributed by atoms with E-state index < -0.39 is 11.9 Å². The number of carboxylic acid groups (broad SMARTS) is 1. The molecular formula is C17H21NO4. The van der Waals surface area contributed by atoms with E-state index in [4.69, 9.17) is 9.84 Å². The van der Waals surface area contributed by atoms with Crippen LogP contribution in [0.3, 0.4) is 0 Å². The highest BCUT2D eigenvalue weighted by molar-refractivity contribution is 5.84. The average molecular weight is 303 g/mol. The smallest absolute Gasteiger partial charge is 0.308 e. The van der Waals surface area contributed by atoms with Gasteiger partial charge in [-0.15, -0.1) is 0 Å². The molecule has 0 radical (unpaired) electrons. The normalized spacial score (nSPS) is 27.3. The van der Waals surface area contributed by atoms with Crippen LogP contribution < -0.4 is 4.74 Å². The van der Waals surface area contributed by atoms with Crippen LogP contribution in [-0.2, 0) is 9.59 Å². The Morgan fingerprint density at radius 3 is 2.82 bits per heavy atom. The van der Waals surface area contributed by atoms with Crippen LogP contribution >= 0.6 is 0 Å². The molecule has 0 aromatic heterocycles. The van der Waals surface area contributed by atoms with Crippen molar-refractivity contribution in [2.45, 2.75) is 25.2 Å². The lowest BCUT2D eigenvalue weighted by molar-refractivity contribution is -0.146. The Balaban J connectivity index is 1.66. The van der Waals surface area contributed by atoms with Crippen molar-refractivity contribution in [1.82, 2.24) is 4.90 Å². The number of carboxylic acids is 1. The van der Waals surface area contributed by atoms with Gasteiger partial charge in [0.1, 0.15) is 5.75 Å². The molecule has 2 fully saturated rings. The quantitative estimate of drug-likeness (QED) is 0.925. The first-order valence-corrected chi connectivity index (χ1v) is 7.76. The van der Waals surface area contributed by atoms with Crippen LogP contribution in [0, 0.1) is 11.8 Å². The summed E-state index contributed by atoms with van der Waals surface area (Å²) in [5, 5.41) is 9.14. The Kier molecular flexibility index (Phi) is 4.05. The first kappa shape index (κ1) is 14.9. The number of methoxy groups -OCH3 is 1. The predicted octanol–water partition coefficient (Wildman–Crippen LogP) is 2.12. The van der Waals surface area contributed by atoms with Gasteiger partial charge in [-0.3, -0.25) is 9.59 Å². The molecule has 2 aliphatic rings. The lowest BCUT2D eigenvalue weighted by Gasteiger charge is -2.31. The van der Waals surface area contributed by atoms with Gasteiger partial charge in [-0.1, -0.05) is 18.2 Å². The van der Waals surface area contributed by atoms with Crippen molar-refractivity contribution in [2.75, 3.05) is 20.2 Å². The summed E-state index contributed by atoms with van der Waals surface area (Å²) in [4.78, 5) is 25.5. The van der Waals surface area contributed by atoms with Gasteiger partial charge in [0, 0.05) is 19.0 Å². The number of ether oxygens (including phenoxy) is 1. The molecule has 3 atom stereocenters. The van der Waals surface area contributed by atoms with E-state index in [9.17, 15) is 9.59 Å². The van der Waals surface area contributed by atoms with Crippen LogP contribution in [0.15, 0.2) is 24.3 Å². The second kappa shape index (κ2) is 5.99. The van der Waals surface area contributed by atoms with Gasteiger partial charge in [-0.25, -0.2) is 0 Å². The molecule has 3 rings (SSSR count). The summed E-state index contributed by atoms with van der Waals surface area (Å²) in [6.45, 7) is 1.03. The molecule has 1 saturated heterocycles. The van der Waals surface area contributed by atoms with Crippen molar-refractivity contribution in [3.05, 3.63) is 29.8 Å². The van der Waals surface area contributed by atoms with Crippen LogP contribution in [0.4, 0.5) is 0 Å². The number of benzene rings is 1. The molecule has 22 heavy (non-hydrogen) atoms. The second-order valence-electron chi connectivity index (χ2n) is 6.15. The van der Waals surface area contributed by atoms with E-state index in [0.29, 0.717) is 19.5 Å². The van der Waals surface area contributed by atoms with Gasteiger partial charge in [-0.2, -0.15) is 0 Å². The van der Waals surface area contributed by atoms with Crippen LogP contribution in [0.5, 0.6) is 5.75 Å². The number of carbonyl (C=O) groups is 2. The first-order chi connectivity index (χ1) is 10.6. The monoisotopic (exact) mass is 303 g/mol. The van der Waals surface area contributed by atoms with Gasteiger partial charge >= 0.3 is 5.97 Å². The van der Waals surface area contributed by atoms with Crippen molar-refractivity contribution in [1.29, 1.82) is 0 Å². The fraction of sp³-hybridized carbons (Fsp3) is 0.529. The fourth-order valence-corrected chi connectivity index (χ4v) is 3.40. The average Bonchev–Trinajstić information content (AvgIpc) is 3.34. The minimum atomic E-state index is -0.797. The van der Waals surface area contributed by atoms with Crippen molar-refractivity contribution in [3.8, 4) is 5.75 Å². The standard InChI is InChI=1S/C17H21NO4/c1-22-15-7-3-2-6-12(15)13-9-14(13)16(19)18-8-4-5-11(10-18)17(20)21/h2-3,6-7,11,13-14H,4-5,8-10H2,1H3,(H,20,21). The molecular weight excluding hydrogens is 282 g/mol. The lowest BCUT2D eigenvalue weighted by atomic mass is 9.97. The van der Waals surface area contributed by atoms with E-state index in [0.717, 1.165) is 24.2 Å². The van der Waals surface area contributed by atoms with E-state index in [-0.39, 0.29) is 17.7 Å². The maximum atomic E-state index is 12.6. The Morgan fingerprint density at radius 1 is 1.32 bits per heavy atom. The molecule has 1 heterocycles. The van der Waals surface area contributed by atoms with E-state index in [1.165, 1.54) is 0 Å². The number of rotatable bonds is 4. The zero-order chi connectivity index (χ0) is 15.7. The van der Waals surface area contributed by atoms with Crippen molar-refractivity contribution < 1.29 is 19.4 Å². The molecule has 1 amide bonds. The molecule has 0 spiro atoms. The van der Waals surface area contributed by atoms with Crippen molar-refractivity contribution in [3.63, 3.8) is 0 Å².